The third-order valence-corrected chi connectivity index (χ3v) is 3.64. The predicted octanol–water partition coefficient (Wildman–Crippen LogP) is 3.10. The summed E-state index contributed by atoms with van der Waals surface area (Å²) in [6.07, 6.45) is -0.470. The summed E-state index contributed by atoms with van der Waals surface area (Å²) < 4.78 is 5.79. The van der Waals surface area contributed by atoms with Crippen LogP contribution in [-0.2, 0) is 4.79 Å². The van der Waals surface area contributed by atoms with Crippen LogP contribution in [0.3, 0.4) is 0 Å². The molecule has 0 spiro atoms. The average molecular weight is 281 g/mol. The van der Waals surface area contributed by atoms with Gasteiger partial charge in [-0.2, -0.15) is 11.8 Å². The van der Waals surface area contributed by atoms with E-state index in [1.807, 2.05) is 42.1 Å². The van der Waals surface area contributed by atoms with E-state index >= 15 is 0 Å². The summed E-state index contributed by atoms with van der Waals surface area (Å²) in [5, 5.41) is 2.89. The van der Waals surface area contributed by atoms with Crippen LogP contribution in [0.15, 0.2) is 30.3 Å². The number of benzene rings is 1. The minimum Gasteiger partial charge on any atom is -0.481 e. The van der Waals surface area contributed by atoms with Crippen molar-refractivity contribution in [2.24, 2.45) is 0 Å². The van der Waals surface area contributed by atoms with Crippen LogP contribution in [0.4, 0.5) is 0 Å². The summed E-state index contributed by atoms with van der Waals surface area (Å²) in [4.78, 5) is 11.8. The molecule has 1 aromatic carbocycles. The van der Waals surface area contributed by atoms with Gasteiger partial charge in [-0.3, -0.25) is 4.79 Å². The van der Waals surface area contributed by atoms with Crippen LogP contribution < -0.4 is 10.1 Å². The normalized spacial score (nSPS) is 12.8. The number of hydrogen-bond donors (Lipinski definition) is 1. The van der Waals surface area contributed by atoms with Crippen LogP contribution >= 0.6 is 11.8 Å². The SMILES string of the molecule is C[C@@H](Oc1ccccc1)C(=O)NCCSC(C)(C)C. The first-order valence-corrected chi connectivity index (χ1v) is 7.50. The van der Waals surface area contributed by atoms with Gasteiger partial charge in [0.25, 0.3) is 5.91 Å². The van der Waals surface area contributed by atoms with Crippen molar-refractivity contribution in [3.63, 3.8) is 0 Å². The number of para-hydroxylation sites is 1. The lowest BCUT2D eigenvalue weighted by molar-refractivity contribution is -0.127. The zero-order chi connectivity index (χ0) is 14.3. The average Bonchev–Trinajstić information content (AvgIpc) is 2.34. The lowest BCUT2D eigenvalue weighted by Crippen LogP contribution is -2.37. The first-order chi connectivity index (χ1) is 8.88. The van der Waals surface area contributed by atoms with Crippen LogP contribution in [0, 0.1) is 0 Å². The quantitative estimate of drug-likeness (QED) is 0.814. The van der Waals surface area contributed by atoms with Gasteiger partial charge in [-0.1, -0.05) is 39.0 Å². The Labute approximate surface area is 120 Å². The summed E-state index contributed by atoms with van der Waals surface area (Å²) in [5.41, 5.74) is 0. The monoisotopic (exact) mass is 281 g/mol. The zero-order valence-electron chi connectivity index (χ0n) is 12.1. The number of carbonyl (C=O) groups is 1. The van der Waals surface area contributed by atoms with Crippen molar-refractivity contribution >= 4 is 17.7 Å². The number of ether oxygens (including phenoxy) is 1. The molecule has 1 rings (SSSR count). The Bertz CT molecular complexity index is 387. The largest absolute Gasteiger partial charge is 0.481 e. The smallest absolute Gasteiger partial charge is 0.260 e. The molecule has 1 N–H and O–H groups in total. The highest BCUT2D eigenvalue weighted by Gasteiger charge is 2.15. The summed E-state index contributed by atoms with van der Waals surface area (Å²) in [6, 6.07) is 9.39. The Balaban J connectivity index is 2.26. The van der Waals surface area contributed by atoms with E-state index in [2.05, 4.69) is 26.1 Å². The van der Waals surface area contributed by atoms with Crippen molar-refractivity contribution in [2.45, 2.75) is 38.5 Å². The number of rotatable bonds is 6. The first-order valence-electron chi connectivity index (χ1n) is 6.52. The summed E-state index contributed by atoms with van der Waals surface area (Å²) >= 11 is 1.84. The van der Waals surface area contributed by atoms with E-state index in [0.717, 1.165) is 5.75 Å². The molecule has 19 heavy (non-hydrogen) atoms. The van der Waals surface area contributed by atoms with Crippen molar-refractivity contribution in [1.29, 1.82) is 0 Å². The number of nitrogens with one attached hydrogen (secondary N) is 1. The van der Waals surface area contributed by atoms with Crippen molar-refractivity contribution in [3.05, 3.63) is 30.3 Å². The van der Waals surface area contributed by atoms with E-state index in [4.69, 9.17) is 4.74 Å². The van der Waals surface area contributed by atoms with Gasteiger partial charge in [0.05, 0.1) is 0 Å². The molecule has 0 bridgehead atoms. The molecule has 3 nitrogen and oxygen atoms in total. The van der Waals surface area contributed by atoms with Gasteiger partial charge >= 0.3 is 0 Å². The second kappa shape index (κ2) is 7.43. The van der Waals surface area contributed by atoms with Crippen LogP contribution in [0.1, 0.15) is 27.7 Å². The first kappa shape index (κ1) is 15.9. The van der Waals surface area contributed by atoms with Crippen molar-refractivity contribution in [2.75, 3.05) is 12.3 Å². The third-order valence-electron chi connectivity index (χ3n) is 2.36. The molecule has 0 unspecified atom stereocenters. The second-order valence-electron chi connectivity index (χ2n) is 5.32. The maximum atomic E-state index is 11.8. The molecule has 0 saturated heterocycles. The maximum absolute atomic E-state index is 11.8. The van der Waals surface area contributed by atoms with Gasteiger partial charge in [0.15, 0.2) is 6.10 Å². The van der Waals surface area contributed by atoms with Gasteiger partial charge < -0.3 is 10.1 Å². The molecule has 0 aliphatic rings. The molecule has 0 aliphatic heterocycles. The maximum Gasteiger partial charge on any atom is 0.260 e. The van der Waals surface area contributed by atoms with Crippen LogP contribution in [0.5, 0.6) is 5.75 Å². The van der Waals surface area contributed by atoms with Crippen molar-refractivity contribution < 1.29 is 9.53 Å². The molecule has 0 aromatic heterocycles. The number of carbonyl (C=O) groups excluding carboxylic acids is 1. The molecular formula is C15H23NO2S. The fraction of sp³-hybridized carbons (Fsp3) is 0.533. The highest BCUT2D eigenvalue weighted by atomic mass is 32.2. The van der Waals surface area contributed by atoms with E-state index in [9.17, 15) is 4.79 Å². The van der Waals surface area contributed by atoms with Crippen molar-refractivity contribution in [3.8, 4) is 5.75 Å². The number of thioether (sulfide) groups is 1. The van der Waals surface area contributed by atoms with Crippen LogP contribution in [0.2, 0.25) is 0 Å². The molecule has 0 saturated carbocycles. The van der Waals surface area contributed by atoms with Crippen LogP contribution in [0.25, 0.3) is 0 Å². The van der Waals surface area contributed by atoms with Gasteiger partial charge in [0.2, 0.25) is 0 Å². The number of hydrogen-bond acceptors (Lipinski definition) is 3. The third kappa shape index (κ3) is 7.11. The summed E-state index contributed by atoms with van der Waals surface area (Å²) in [6.45, 7) is 8.93. The van der Waals surface area contributed by atoms with Crippen molar-refractivity contribution in [1.82, 2.24) is 5.32 Å². The standard InChI is InChI=1S/C15H23NO2S/c1-12(18-13-8-6-5-7-9-13)14(17)16-10-11-19-15(2,3)4/h5-9,12H,10-11H2,1-4H3,(H,16,17)/t12-/m1/s1. The van der Waals surface area contributed by atoms with E-state index in [1.54, 1.807) is 6.92 Å². The summed E-state index contributed by atoms with van der Waals surface area (Å²) in [5.74, 6) is 1.56. The Kier molecular flexibility index (Phi) is 6.22. The van der Waals surface area contributed by atoms with Gasteiger partial charge in [-0.15, -0.1) is 0 Å². The highest BCUT2D eigenvalue weighted by Crippen LogP contribution is 2.22. The number of amides is 1. The molecular weight excluding hydrogens is 258 g/mol. The minimum atomic E-state index is -0.470. The molecule has 0 heterocycles. The minimum absolute atomic E-state index is 0.0710. The molecule has 1 amide bonds. The molecule has 4 heteroatoms. The fourth-order valence-electron chi connectivity index (χ4n) is 1.43. The van der Waals surface area contributed by atoms with E-state index < -0.39 is 6.10 Å². The molecule has 1 aromatic rings. The van der Waals surface area contributed by atoms with E-state index in [-0.39, 0.29) is 10.7 Å². The van der Waals surface area contributed by atoms with E-state index in [1.165, 1.54) is 0 Å². The topological polar surface area (TPSA) is 38.3 Å². The predicted molar refractivity (Wildman–Crippen MR) is 81.8 cm³/mol. The lowest BCUT2D eigenvalue weighted by Gasteiger charge is -2.18. The van der Waals surface area contributed by atoms with Crippen LogP contribution in [-0.4, -0.2) is 29.1 Å². The highest BCUT2D eigenvalue weighted by molar-refractivity contribution is 8.00. The van der Waals surface area contributed by atoms with Gasteiger partial charge in [0, 0.05) is 17.0 Å². The zero-order valence-corrected chi connectivity index (χ0v) is 12.9. The van der Waals surface area contributed by atoms with Gasteiger partial charge in [-0.25, -0.2) is 0 Å². The molecule has 0 aliphatic carbocycles. The second-order valence-corrected chi connectivity index (χ2v) is 7.25. The Morgan fingerprint density at radius 1 is 1.32 bits per heavy atom. The van der Waals surface area contributed by atoms with E-state index in [0.29, 0.717) is 12.3 Å². The fourth-order valence-corrected chi connectivity index (χ4v) is 2.25. The molecule has 1 atom stereocenters. The lowest BCUT2D eigenvalue weighted by atomic mass is 10.3. The molecule has 0 radical (unpaired) electrons. The Hall–Kier alpha value is -1.16. The summed E-state index contributed by atoms with van der Waals surface area (Å²) in [7, 11) is 0. The van der Waals surface area contributed by atoms with Gasteiger partial charge in [-0.05, 0) is 19.1 Å². The molecule has 0 fully saturated rings. The Morgan fingerprint density at radius 3 is 2.53 bits per heavy atom. The Morgan fingerprint density at radius 2 is 1.95 bits per heavy atom. The van der Waals surface area contributed by atoms with Gasteiger partial charge in [0.1, 0.15) is 5.75 Å². The molecule has 106 valence electrons.